The molecule has 1 aromatic rings. The SMILES string of the molecule is Cc1ncsc1CCC(C)C. The van der Waals surface area contributed by atoms with Crippen LogP contribution in [0.15, 0.2) is 5.51 Å². The van der Waals surface area contributed by atoms with Crippen molar-refractivity contribution in [3.63, 3.8) is 0 Å². The summed E-state index contributed by atoms with van der Waals surface area (Å²) < 4.78 is 0. The van der Waals surface area contributed by atoms with Gasteiger partial charge in [-0.2, -0.15) is 0 Å². The summed E-state index contributed by atoms with van der Waals surface area (Å²) in [5.74, 6) is 0.802. The second-order valence-corrected chi connectivity index (χ2v) is 4.23. The first-order chi connectivity index (χ1) is 5.20. The van der Waals surface area contributed by atoms with Crippen LogP contribution in [-0.4, -0.2) is 4.98 Å². The summed E-state index contributed by atoms with van der Waals surface area (Å²) in [4.78, 5) is 5.67. The highest BCUT2D eigenvalue weighted by molar-refractivity contribution is 7.09. The third kappa shape index (κ3) is 2.62. The first-order valence-corrected chi connectivity index (χ1v) is 4.97. The van der Waals surface area contributed by atoms with Gasteiger partial charge in [0, 0.05) is 4.88 Å². The van der Waals surface area contributed by atoms with Crippen LogP contribution in [0, 0.1) is 12.8 Å². The van der Waals surface area contributed by atoms with Crippen molar-refractivity contribution in [2.24, 2.45) is 5.92 Å². The van der Waals surface area contributed by atoms with Crippen molar-refractivity contribution in [2.75, 3.05) is 0 Å². The van der Waals surface area contributed by atoms with Crippen LogP contribution in [0.25, 0.3) is 0 Å². The van der Waals surface area contributed by atoms with E-state index in [4.69, 9.17) is 0 Å². The van der Waals surface area contributed by atoms with Crippen LogP contribution in [0.1, 0.15) is 30.8 Å². The second-order valence-electron chi connectivity index (χ2n) is 3.29. The van der Waals surface area contributed by atoms with E-state index >= 15 is 0 Å². The van der Waals surface area contributed by atoms with Crippen LogP contribution in [0.5, 0.6) is 0 Å². The first-order valence-electron chi connectivity index (χ1n) is 4.09. The Morgan fingerprint density at radius 2 is 2.27 bits per heavy atom. The highest BCUT2D eigenvalue weighted by atomic mass is 32.1. The predicted octanol–water partition coefficient (Wildman–Crippen LogP) is 3.04. The fourth-order valence-electron chi connectivity index (χ4n) is 0.986. The summed E-state index contributed by atoms with van der Waals surface area (Å²) >= 11 is 1.78. The molecule has 0 radical (unpaired) electrons. The van der Waals surface area contributed by atoms with E-state index in [0.29, 0.717) is 0 Å². The number of aryl methyl sites for hydroxylation is 2. The molecule has 0 aliphatic heterocycles. The summed E-state index contributed by atoms with van der Waals surface area (Å²) in [5, 5.41) is 0. The minimum Gasteiger partial charge on any atom is -0.250 e. The Hall–Kier alpha value is -0.370. The molecule has 1 aromatic heterocycles. The maximum Gasteiger partial charge on any atom is 0.0797 e. The van der Waals surface area contributed by atoms with Gasteiger partial charge in [0.25, 0.3) is 0 Å². The lowest BCUT2D eigenvalue weighted by molar-refractivity contribution is 0.588. The smallest absolute Gasteiger partial charge is 0.0797 e. The molecular formula is C9H15NS. The molecule has 0 amide bonds. The molecule has 62 valence electrons. The number of thiazole rings is 1. The molecule has 0 unspecified atom stereocenters. The molecule has 0 fully saturated rings. The Balaban J connectivity index is 2.44. The van der Waals surface area contributed by atoms with Gasteiger partial charge in [-0.15, -0.1) is 11.3 Å². The first kappa shape index (κ1) is 8.72. The Kier molecular flexibility index (Phi) is 3.06. The lowest BCUT2D eigenvalue weighted by Gasteiger charge is -2.01. The maximum absolute atomic E-state index is 4.21. The van der Waals surface area contributed by atoms with E-state index in [1.54, 1.807) is 11.3 Å². The summed E-state index contributed by atoms with van der Waals surface area (Å²) in [6, 6.07) is 0. The normalized spacial score (nSPS) is 10.9. The van der Waals surface area contributed by atoms with Crippen LogP contribution >= 0.6 is 11.3 Å². The van der Waals surface area contributed by atoms with Gasteiger partial charge < -0.3 is 0 Å². The number of hydrogen-bond acceptors (Lipinski definition) is 2. The Labute approximate surface area is 72.5 Å². The largest absolute Gasteiger partial charge is 0.250 e. The number of hydrogen-bond donors (Lipinski definition) is 0. The van der Waals surface area contributed by atoms with Gasteiger partial charge in [0.1, 0.15) is 0 Å². The Bertz CT molecular complexity index is 215. The molecule has 0 saturated carbocycles. The molecule has 0 bridgehead atoms. The van der Waals surface area contributed by atoms with Gasteiger partial charge in [-0.25, -0.2) is 4.98 Å². The Morgan fingerprint density at radius 1 is 1.55 bits per heavy atom. The van der Waals surface area contributed by atoms with Crippen LogP contribution < -0.4 is 0 Å². The molecule has 0 saturated heterocycles. The highest BCUT2D eigenvalue weighted by Crippen LogP contribution is 2.16. The van der Waals surface area contributed by atoms with Gasteiger partial charge in [0.15, 0.2) is 0 Å². The van der Waals surface area contributed by atoms with Gasteiger partial charge in [-0.3, -0.25) is 0 Å². The molecule has 2 heteroatoms. The molecule has 0 aliphatic rings. The summed E-state index contributed by atoms with van der Waals surface area (Å²) in [6.45, 7) is 6.61. The van der Waals surface area contributed by atoms with Crippen LogP contribution in [0.2, 0.25) is 0 Å². The van der Waals surface area contributed by atoms with Crippen LogP contribution in [0.4, 0.5) is 0 Å². The second kappa shape index (κ2) is 3.86. The van der Waals surface area contributed by atoms with Crippen molar-refractivity contribution in [2.45, 2.75) is 33.6 Å². The van der Waals surface area contributed by atoms with Gasteiger partial charge in [0.2, 0.25) is 0 Å². The van der Waals surface area contributed by atoms with Gasteiger partial charge >= 0.3 is 0 Å². The van der Waals surface area contributed by atoms with Crippen molar-refractivity contribution in [1.29, 1.82) is 0 Å². The maximum atomic E-state index is 4.21. The van der Waals surface area contributed by atoms with E-state index < -0.39 is 0 Å². The zero-order chi connectivity index (χ0) is 8.27. The number of rotatable bonds is 3. The summed E-state index contributed by atoms with van der Waals surface area (Å²) in [5.41, 5.74) is 3.15. The molecule has 1 rings (SSSR count). The van der Waals surface area contributed by atoms with Gasteiger partial charge in [0.05, 0.1) is 11.2 Å². The average Bonchev–Trinajstić information content (AvgIpc) is 2.31. The average molecular weight is 169 g/mol. The topological polar surface area (TPSA) is 12.9 Å². The lowest BCUT2D eigenvalue weighted by atomic mass is 10.1. The van der Waals surface area contributed by atoms with Crippen molar-refractivity contribution in [3.05, 3.63) is 16.1 Å². The fraction of sp³-hybridized carbons (Fsp3) is 0.667. The van der Waals surface area contributed by atoms with Gasteiger partial charge in [-0.05, 0) is 25.7 Å². The standard InChI is InChI=1S/C9H15NS/c1-7(2)4-5-9-8(3)10-6-11-9/h6-7H,4-5H2,1-3H3. The van der Waals surface area contributed by atoms with Crippen molar-refractivity contribution < 1.29 is 0 Å². The molecule has 1 heterocycles. The quantitative estimate of drug-likeness (QED) is 0.677. The molecule has 0 aromatic carbocycles. The molecule has 11 heavy (non-hydrogen) atoms. The molecule has 0 aliphatic carbocycles. The van der Waals surface area contributed by atoms with E-state index in [9.17, 15) is 0 Å². The lowest BCUT2D eigenvalue weighted by Crippen LogP contribution is -1.91. The summed E-state index contributed by atoms with van der Waals surface area (Å²) in [6.07, 6.45) is 2.48. The van der Waals surface area contributed by atoms with Gasteiger partial charge in [-0.1, -0.05) is 13.8 Å². The fourth-order valence-corrected chi connectivity index (χ4v) is 1.78. The van der Waals surface area contributed by atoms with E-state index in [-0.39, 0.29) is 0 Å². The molecular weight excluding hydrogens is 154 g/mol. The number of nitrogens with zero attached hydrogens (tertiary/aromatic N) is 1. The monoisotopic (exact) mass is 169 g/mol. The molecule has 0 spiro atoms. The van der Waals surface area contributed by atoms with Crippen LogP contribution in [0.3, 0.4) is 0 Å². The molecule has 1 nitrogen and oxygen atoms in total. The molecule has 0 N–H and O–H groups in total. The number of aromatic nitrogens is 1. The zero-order valence-electron chi connectivity index (χ0n) is 7.42. The van der Waals surface area contributed by atoms with E-state index in [1.807, 2.05) is 5.51 Å². The van der Waals surface area contributed by atoms with E-state index in [1.165, 1.54) is 23.4 Å². The third-order valence-electron chi connectivity index (χ3n) is 1.79. The van der Waals surface area contributed by atoms with E-state index in [0.717, 1.165) is 5.92 Å². The van der Waals surface area contributed by atoms with Crippen molar-refractivity contribution >= 4 is 11.3 Å². The Morgan fingerprint density at radius 3 is 2.73 bits per heavy atom. The minimum absolute atomic E-state index is 0.802. The zero-order valence-corrected chi connectivity index (χ0v) is 8.24. The minimum atomic E-state index is 0.802. The van der Waals surface area contributed by atoms with Crippen molar-refractivity contribution in [3.8, 4) is 0 Å². The van der Waals surface area contributed by atoms with E-state index in [2.05, 4.69) is 25.8 Å². The predicted molar refractivity (Wildman–Crippen MR) is 50.0 cm³/mol. The van der Waals surface area contributed by atoms with Crippen molar-refractivity contribution in [1.82, 2.24) is 4.98 Å². The summed E-state index contributed by atoms with van der Waals surface area (Å²) in [7, 11) is 0. The third-order valence-corrected chi connectivity index (χ3v) is 2.79. The highest BCUT2D eigenvalue weighted by Gasteiger charge is 2.01. The van der Waals surface area contributed by atoms with Crippen LogP contribution in [-0.2, 0) is 6.42 Å². The molecule has 0 atom stereocenters.